The van der Waals surface area contributed by atoms with E-state index < -0.39 is 7.60 Å². The van der Waals surface area contributed by atoms with E-state index in [1.807, 2.05) is 24.3 Å². The highest BCUT2D eigenvalue weighted by Gasteiger charge is 2.32. The molecule has 0 aliphatic heterocycles. The molecule has 1 heterocycles. The fourth-order valence-corrected chi connectivity index (χ4v) is 3.81. The SMILES string of the molecule is CCOP(=O)(OCC)c1c(N)ncc2ccccc12. The highest BCUT2D eigenvalue weighted by molar-refractivity contribution is 7.63. The molecular weight excluding hydrogens is 263 g/mol. The lowest BCUT2D eigenvalue weighted by Crippen LogP contribution is -2.17. The van der Waals surface area contributed by atoms with Crippen LogP contribution in [0.4, 0.5) is 5.82 Å². The van der Waals surface area contributed by atoms with Crippen LogP contribution in [0.5, 0.6) is 0 Å². The second-order valence-corrected chi connectivity index (χ2v) is 5.87. The van der Waals surface area contributed by atoms with Gasteiger partial charge in [-0.3, -0.25) is 4.57 Å². The first kappa shape index (κ1) is 14.0. The van der Waals surface area contributed by atoms with Crippen LogP contribution < -0.4 is 11.0 Å². The van der Waals surface area contributed by atoms with Crippen molar-refractivity contribution in [1.82, 2.24) is 4.98 Å². The van der Waals surface area contributed by atoms with E-state index in [1.54, 1.807) is 20.0 Å². The summed E-state index contributed by atoms with van der Waals surface area (Å²) in [5.41, 5.74) is 5.89. The second kappa shape index (κ2) is 5.70. The number of benzene rings is 1. The average molecular weight is 280 g/mol. The molecule has 2 aromatic rings. The summed E-state index contributed by atoms with van der Waals surface area (Å²) in [5.74, 6) is 0.184. The van der Waals surface area contributed by atoms with Gasteiger partial charge in [-0.1, -0.05) is 24.3 Å². The molecule has 102 valence electrons. The molecule has 0 saturated carbocycles. The number of nitrogen functional groups attached to an aromatic ring is 1. The predicted octanol–water partition coefficient (Wildman–Crippen LogP) is 2.71. The fourth-order valence-electron chi connectivity index (χ4n) is 1.96. The lowest BCUT2D eigenvalue weighted by Gasteiger charge is -2.19. The first-order valence-electron chi connectivity index (χ1n) is 6.15. The van der Waals surface area contributed by atoms with Crippen molar-refractivity contribution >= 4 is 29.5 Å². The van der Waals surface area contributed by atoms with Gasteiger partial charge in [0.1, 0.15) is 11.1 Å². The van der Waals surface area contributed by atoms with Gasteiger partial charge in [-0.05, 0) is 13.8 Å². The summed E-state index contributed by atoms with van der Waals surface area (Å²) in [4.78, 5) is 4.08. The number of hydrogen-bond donors (Lipinski definition) is 1. The van der Waals surface area contributed by atoms with E-state index >= 15 is 0 Å². The lowest BCUT2D eigenvalue weighted by atomic mass is 10.2. The third-order valence-electron chi connectivity index (χ3n) is 2.67. The summed E-state index contributed by atoms with van der Waals surface area (Å²) in [7, 11) is -3.44. The van der Waals surface area contributed by atoms with E-state index in [0.29, 0.717) is 5.30 Å². The van der Waals surface area contributed by atoms with Gasteiger partial charge in [-0.25, -0.2) is 4.98 Å². The fraction of sp³-hybridized carbons (Fsp3) is 0.308. The molecule has 2 rings (SSSR count). The van der Waals surface area contributed by atoms with Crippen LogP contribution in [0.1, 0.15) is 13.8 Å². The smallest absolute Gasteiger partial charge is 0.365 e. The maximum absolute atomic E-state index is 12.9. The highest BCUT2D eigenvalue weighted by atomic mass is 31.2. The maximum atomic E-state index is 12.9. The van der Waals surface area contributed by atoms with Gasteiger partial charge in [0.2, 0.25) is 0 Å². The summed E-state index contributed by atoms with van der Waals surface area (Å²) < 4.78 is 23.6. The van der Waals surface area contributed by atoms with Crippen LogP contribution in [-0.4, -0.2) is 18.2 Å². The van der Waals surface area contributed by atoms with E-state index in [4.69, 9.17) is 14.8 Å². The molecule has 0 atom stereocenters. The number of nitrogens with zero attached hydrogens (tertiary/aromatic N) is 1. The zero-order valence-electron chi connectivity index (χ0n) is 11.0. The summed E-state index contributed by atoms with van der Waals surface area (Å²) >= 11 is 0. The summed E-state index contributed by atoms with van der Waals surface area (Å²) in [5, 5.41) is 1.96. The Hall–Kier alpha value is -1.42. The van der Waals surface area contributed by atoms with Crippen LogP contribution in [0.3, 0.4) is 0 Å². The van der Waals surface area contributed by atoms with Gasteiger partial charge >= 0.3 is 7.60 Å². The predicted molar refractivity (Wildman–Crippen MR) is 76.6 cm³/mol. The van der Waals surface area contributed by atoms with Crippen molar-refractivity contribution in [1.29, 1.82) is 0 Å². The van der Waals surface area contributed by atoms with Crippen LogP contribution in [-0.2, 0) is 13.6 Å². The van der Waals surface area contributed by atoms with E-state index in [0.717, 1.165) is 10.8 Å². The van der Waals surface area contributed by atoms with Crippen molar-refractivity contribution in [2.24, 2.45) is 0 Å². The molecule has 0 spiro atoms. The topological polar surface area (TPSA) is 74.4 Å². The molecule has 0 bridgehead atoms. The van der Waals surface area contributed by atoms with E-state index in [-0.39, 0.29) is 19.0 Å². The second-order valence-electron chi connectivity index (χ2n) is 3.91. The molecule has 1 aromatic heterocycles. The van der Waals surface area contributed by atoms with Gasteiger partial charge in [0, 0.05) is 17.0 Å². The number of fused-ring (bicyclic) bond motifs is 1. The Balaban J connectivity index is 2.71. The number of hydrogen-bond acceptors (Lipinski definition) is 5. The minimum absolute atomic E-state index is 0.184. The van der Waals surface area contributed by atoms with Gasteiger partial charge < -0.3 is 14.8 Å². The quantitative estimate of drug-likeness (QED) is 0.852. The largest absolute Gasteiger partial charge is 0.383 e. The molecule has 0 fully saturated rings. The third kappa shape index (κ3) is 2.63. The first-order valence-corrected chi connectivity index (χ1v) is 7.69. The Morgan fingerprint density at radius 1 is 1.21 bits per heavy atom. The monoisotopic (exact) mass is 280 g/mol. The van der Waals surface area contributed by atoms with Gasteiger partial charge in [0.05, 0.1) is 13.2 Å². The van der Waals surface area contributed by atoms with Gasteiger partial charge in [-0.15, -0.1) is 0 Å². The normalized spacial score (nSPS) is 11.9. The van der Waals surface area contributed by atoms with Crippen LogP contribution >= 0.6 is 7.60 Å². The molecule has 0 radical (unpaired) electrons. The molecule has 2 N–H and O–H groups in total. The molecule has 0 amide bonds. The standard InChI is InChI=1S/C13H17N2O3P/c1-3-17-19(16,18-4-2)12-11-8-6-5-7-10(11)9-15-13(12)14/h5-9H,3-4H2,1-2H3,(H2,14,15). The Kier molecular flexibility index (Phi) is 4.20. The van der Waals surface area contributed by atoms with Gasteiger partial charge in [0.25, 0.3) is 0 Å². The first-order chi connectivity index (χ1) is 9.12. The van der Waals surface area contributed by atoms with E-state index in [9.17, 15) is 4.57 Å². The molecule has 0 aliphatic rings. The molecule has 19 heavy (non-hydrogen) atoms. The Bertz CT molecular complexity index is 620. The summed E-state index contributed by atoms with van der Waals surface area (Å²) in [6.45, 7) is 4.08. The highest BCUT2D eigenvalue weighted by Crippen LogP contribution is 2.49. The zero-order valence-corrected chi connectivity index (χ0v) is 11.9. The number of anilines is 1. The lowest BCUT2D eigenvalue weighted by molar-refractivity contribution is 0.230. The third-order valence-corrected chi connectivity index (χ3v) is 4.89. The molecule has 6 heteroatoms. The molecule has 0 unspecified atom stereocenters. The van der Waals surface area contributed by atoms with Gasteiger partial charge in [-0.2, -0.15) is 0 Å². The van der Waals surface area contributed by atoms with Crippen molar-refractivity contribution in [3.63, 3.8) is 0 Å². The van der Waals surface area contributed by atoms with Crippen LogP contribution in [0.2, 0.25) is 0 Å². The van der Waals surface area contributed by atoms with Crippen molar-refractivity contribution in [3.8, 4) is 0 Å². The van der Waals surface area contributed by atoms with E-state index in [2.05, 4.69) is 4.98 Å². The Morgan fingerprint density at radius 2 is 1.84 bits per heavy atom. The van der Waals surface area contributed by atoms with Crippen molar-refractivity contribution in [2.45, 2.75) is 13.8 Å². The van der Waals surface area contributed by atoms with Crippen LogP contribution in [0, 0.1) is 0 Å². The molecule has 1 aromatic carbocycles. The minimum atomic E-state index is -3.44. The maximum Gasteiger partial charge on any atom is 0.365 e. The zero-order chi connectivity index (χ0) is 13.9. The summed E-state index contributed by atoms with van der Waals surface area (Å²) in [6.07, 6.45) is 1.65. The molecule has 0 aliphatic carbocycles. The molecular formula is C13H17N2O3P. The number of pyridine rings is 1. The molecule has 5 nitrogen and oxygen atoms in total. The van der Waals surface area contributed by atoms with Gasteiger partial charge in [0.15, 0.2) is 0 Å². The van der Waals surface area contributed by atoms with Crippen LogP contribution in [0.15, 0.2) is 30.5 Å². The molecule has 0 saturated heterocycles. The minimum Gasteiger partial charge on any atom is -0.383 e. The number of aromatic nitrogens is 1. The van der Waals surface area contributed by atoms with Crippen molar-refractivity contribution in [2.75, 3.05) is 18.9 Å². The van der Waals surface area contributed by atoms with Crippen molar-refractivity contribution in [3.05, 3.63) is 30.5 Å². The Morgan fingerprint density at radius 3 is 2.47 bits per heavy atom. The van der Waals surface area contributed by atoms with Crippen molar-refractivity contribution < 1.29 is 13.6 Å². The van der Waals surface area contributed by atoms with E-state index in [1.165, 1.54) is 0 Å². The number of nitrogens with two attached hydrogens (primary N) is 1. The Labute approximate surface area is 112 Å². The van der Waals surface area contributed by atoms with Crippen LogP contribution in [0.25, 0.3) is 10.8 Å². The number of rotatable bonds is 5. The average Bonchev–Trinajstić information content (AvgIpc) is 2.39. The summed E-state index contributed by atoms with van der Waals surface area (Å²) in [6, 6.07) is 7.46.